The molecule has 0 spiro atoms. The summed E-state index contributed by atoms with van der Waals surface area (Å²) in [4.78, 5) is 12.7. The van der Waals surface area contributed by atoms with E-state index in [1.807, 2.05) is 63.2 Å². The molecular formula is C23H32N2O2. The lowest BCUT2D eigenvalue weighted by molar-refractivity contribution is -0.122. The second kappa shape index (κ2) is 10.7. The molecule has 0 saturated carbocycles. The van der Waals surface area contributed by atoms with Crippen LogP contribution in [0.1, 0.15) is 57.7 Å². The van der Waals surface area contributed by atoms with Crippen molar-refractivity contribution in [2.45, 2.75) is 65.3 Å². The second-order valence-corrected chi connectivity index (χ2v) is 7.19. The molecule has 0 saturated heterocycles. The summed E-state index contributed by atoms with van der Waals surface area (Å²) in [6.45, 7) is 8.64. The minimum absolute atomic E-state index is 0.00105. The van der Waals surface area contributed by atoms with Gasteiger partial charge in [0.15, 0.2) is 0 Å². The first kappa shape index (κ1) is 21.0. The Labute approximate surface area is 163 Å². The SMILES string of the molecule is CCCC(NC(=O)C(C)Nc1cccc(COC(C)C)c1)c1ccccc1. The fourth-order valence-corrected chi connectivity index (χ4v) is 2.92. The first-order valence-electron chi connectivity index (χ1n) is 9.82. The van der Waals surface area contributed by atoms with E-state index >= 15 is 0 Å². The Morgan fingerprint density at radius 1 is 1.04 bits per heavy atom. The number of carbonyl (C=O) groups is 1. The van der Waals surface area contributed by atoms with Gasteiger partial charge in [0, 0.05) is 5.69 Å². The van der Waals surface area contributed by atoms with Crippen LogP contribution in [0.4, 0.5) is 5.69 Å². The lowest BCUT2D eigenvalue weighted by Gasteiger charge is -2.22. The van der Waals surface area contributed by atoms with E-state index in [4.69, 9.17) is 4.74 Å². The number of nitrogens with one attached hydrogen (secondary N) is 2. The van der Waals surface area contributed by atoms with Gasteiger partial charge in [-0.1, -0.05) is 55.8 Å². The van der Waals surface area contributed by atoms with Crippen LogP contribution in [0.3, 0.4) is 0 Å². The van der Waals surface area contributed by atoms with Crippen LogP contribution in [0, 0.1) is 0 Å². The highest BCUT2D eigenvalue weighted by Gasteiger charge is 2.18. The predicted molar refractivity (Wildman–Crippen MR) is 112 cm³/mol. The van der Waals surface area contributed by atoms with Crippen LogP contribution in [0.5, 0.6) is 0 Å². The number of benzene rings is 2. The smallest absolute Gasteiger partial charge is 0.242 e. The minimum Gasteiger partial charge on any atom is -0.374 e. The number of hydrogen-bond acceptors (Lipinski definition) is 3. The summed E-state index contributed by atoms with van der Waals surface area (Å²) in [5, 5.41) is 6.48. The number of carbonyl (C=O) groups excluding carboxylic acids is 1. The molecule has 1 amide bonds. The summed E-state index contributed by atoms with van der Waals surface area (Å²) < 4.78 is 5.66. The van der Waals surface area contributed by atoms with Gasteiger partial charge < -0.3 is 15.4 Å². The third kappa shape index (κ3) is 7.06. The van der Waals surface area contributed by atoms with Crippen molar-refractivity contribution in [3.05, 3.63) is 65.7 Å². The van der Waals surface area contributed by atoms with Crippen molar-refractivity contribution in [2.75, 3.05) is 5.32 Å². The summed E-state index contributed by atoms with van der Waals surface area (Å²) >= 11 is 0. The maximum atomic E-state index is 12.7. The van der Waals surface area contributed by atoms with E-state index in [9.17, 15) is 4.79 Å². The van der Waals surface area contributed by atoms with Crippen LogP contribution in [-0.4, -0.2) is 18.1 Å². The molecule has 0 heterocycles. The third-order valence-electron chi connectivity index (χ3n) is 4.38. The standard InChI is InChI=1S/C23H32N2O2/c1-5-10-22(20-12-7-6-8-13-20)25-23(26)18(4)24-21-14-9-11-19(15-21)16-27-17(2)3/h6-9,11-15,17-18,22,24H,5,10,16H2,1-4H3,(H,25,26). The van der Waals surface area contributed by atoms with Gasteiger partial charge in [0.25, 0.3) is 0 Å². The fraction of sp³-hybridized carbons (Fsp3) is 0.435. The van der Waals surface area contributed by atoms with Gasteiger partial charge in [-0.15, -0.1) is 0 Å². The molecule has 0 aliphatic carbocycles. The summed E-state index contributed by atoms with van der Waals surface area (Å²) in [6, 6.07) is 17.9. The van der Waals surface area contributed by atoms with E-state index in [0.29, 0.717) is 6.61 Å². The van der Waals surface area contributed by atoms with E-state index in [2.05, 4.69) is 29.7 Å². The van der Waals surface area contributed by atoms with Crippen molar-refractivity contribution in [1.82, 2.24) is 5.32 Å². The molecule has 2 unspecified atom stereocenters. The van der Waals surface area contributed by atoms with Gasteiger partial charge in [-0.2, -0.15) is 0 Å². The van der Waals surface area contributed by atoms with Crippen molar-refractivity contribution < 1.29 is 9.53 Å². The number of ether oxygens (including phenoxy) is 1. The molecule has 27 heavy (non-hydrogen) atoms. The highest BCUT2D eigenvalue weighted by Crippen LogP contribution is 2.19. The van der Waals surface area contributed by atoms with Crippen molar-refractivity contribution in [3.8, 4) is 0 Å². The Kier molecular flexibility index (Phi) is 8.34. The van der Waals surface area contributed by atoms with Gasteiger partial charge >= 0.3 is 0 Å². The molecule has 2 aromatic carbocycles. The molecule has 0 radical (unpaired) electrons. The lowest BCUT2D eigenvalue weighted by atomic mass is 10.0. The summed E-state index contributed by atoms with van der Waals surface area (Å²) in [6.07, 6.45) is 2.13. The molecule has 2 N–H and O–H groups in total. The van der Waals surface area contributed by atoms with Gasteiger partial charge in [-0.05, 0) is 50.5 Å². The van der Waals surface area contributed by atoms with Crippen LogP contribution in [0.15, 0.2) is 54.6 Å². The molecule has 4 heteroatoms. The molecule has 0 aromatic heterocycles. The monoisotopic (exact) mass is 368 g/mol. The molecule has 0 bridgehead atoms. The average molecular weight is 369 g/mol. The molecule has 4 nitrogen and oxygen atoms in total. The predicted octanol–water partition coefficient (Wildman–Crippen LogP) is 5.07. The highest BCUT2D eigenvalue weighted by molar-refractivity contribution is 5.84. The van der Waals surface area contributed by atoms with Gasteiger partial charge in [0.2, 0.25) is 5.91 Å². The van der Waals surface area contributed by atoms with Gasteiger partial charge in [0.1, 0.15) is 6.04 Å². The van der Waals surface area contributed by atoms with Gasteiger partial charge in [-0.25, -0.2) is 0 Å². The summed E-state index contributed by atoms with van der Waals surface area (Å²) in [5.41, 5.74) is 3.16. The summed E-state index contributed by atoms with van der Waals surface area (Å²) in [7, 11) is 0. The number of amides is 1. The fourth-order valence-electron chi connectivity index (χ4n) is 2.92. The Balaban J connectivity index is 1.97. The van der Waals surface area contributed by atoms with Gasteiger partial charge in [-0.3, -0.25) is 4.79 Å². The van der Waals surface area contributed by atoms with Crippen molar-refractivity contribution in [3.63, 3.8) is 0 Å². The zero-order valence-electron chi connectivity index (χ0n) is 16.9. The Morgan fingerprint density at radius 2 is 1.78 bits per heavy atom. The van der Waals surface area contributed by atoms with Crippen LogP contribution in [0.2, 0.25) is 0 Å². The van der Waals surface area contributed by atoms with E-state index in [-0.39, 0.29) is 24.1 Å². The molecule has 2 atom stereocenters. The third-order valence-corrected chi connectivity index (χ3v) is 4.38. The van der Waals surface area contributed by atoms with Crippen molar-refractivity contribution >= 4 is 11.6 Å². The van der Waals surface area contributed by atoms with E-state index in [1.54, 1.807) is 0 Å². The van der Waals surface area contributed by atoms with E-state index < -0.39 is 0 Å². The number of hydrogen-bond donors (Lipinski definition) is 2. The molecule has 0 fully saturated rings. The number of rotatable bonds is 10. The molecular weight excluding hydrogens is 336 g/mol. The summed E-state index contributed by atoms with van der Waals surface area (Å²) in [5.74, 6) is 0.00105. The Bertz CT molecular complexity index is 701. The first-order valence-corrected chi connectivity index (χ1v) is 9.82. The van der Waals surface area contributed by atoms with Crippen LogP contribution in [-0.2, 0) is 16.1 Å². The maximum absolute atomic E-state index is 12.7. The average Bonchev–Trinajstić information content (AvgIpc) is 2.67. The van der Waals surface area contributed by atoms with Crippen molar-refractivity contribution in [1.29, 1.82) is 0 Å². The highest BCUT2D eigenvalue weighted by atomic mass is 16.5. The molecule has 0 aliphatic heterocycles. The lowest BCUT2D eigenvalue weighted by Crippen LogP contribution is -2.39. The molecule has 0 aliphatic rings. The second-order valence-electron chi connectivity index (χ2n) is 7.19. The van der Waals surface area contributed by atoms with E-state index in [0.717, 1.165) is 29.7 Å². The quantitative estimate of drug-likeness (QED) is 0.615. The van der Waals surface area contributed by atoms with Crippen LogP contribution >= 0.6 is 0 Å². The first-order chi connectivity index (χ1) is 13.0. The molecule has 2 rings (SSSR count). The minimum atomic E-state index is -0.325. The van der Waals surface area contributed by atoms with Crippen LogP contribution < -0.4 is 10.6 Å². The maximum Gasteiger partial charge on any atom is 0.242 e. The zero-order chi connectivity index (χ0) is 19.6. The largest absolute Gasteiger partial charge is 0.374 e. The van der Waals surface area contributed by atoms with Crippen LogP contribution in [0.25, 0.3) is 0 Å². The number of anilines is 1. The van der Waals surface area contributed by atoms with E-state index in [1.165, 1.54) is 0 Å². The molecule has 146 valence electrons. The Morgan fingerprint density at radius 3 is 2.44 bits per heavy atom. The Hall–Kier alpha value is -2.33. The normalized spacial score (nSPS) is 13.2. The topological polar surface area (TPSA) is 50.4 Å². The van der Waals surface area contributed by atoms with Gasteiger partial charge in [0.05, 0.1) is 18.8 Å². The van der Waals surface area contributed by atoms with Crippen molar-refractivity contribution in [2.24, 2.45) is 0 Å². The zero-order valence-corrected chi connectivity index (χ0v) is 16.9. The molecule has 2 aromatic rings.